The van der Waals surface area contributed by atoms with Gasteiger partial charge in [-0.1, -0.05) is 25.5 Å². The molecule has 0 spiro atoms. The highest BCUT2D eigenvalue weighted by Crippen LogP contribution is 2.49. The van der Waals surface area contributed by atoms with E-state index in [0.29, 0.717) is 44.9 Å². The molecular weight excluding hydrogens is 370 g/mol. The monoisotopic (exact) mass is 402 g/mol. The minimum absolute atomic E-state index is 0.00957. The molecule has 0 aromatic heterocycles. The van der Waals surface area contributed by atoms with Gasteiger partial charge in [-0.05, 0) is 38.0 Å². The van der Waals surface area contributed by atoms with Gasteiger partial charge in [-0.25, -0.2) is 8.78 Å². The Balaban J connectivity index is 1.87. The predicted molar refractivity (Wildman–Crippen MR) is 99.8 cm³/mol. The van der Waals surface area contributed by atoms with E-state index in [1.54, 1.807) is 0 Å². The Morgan fingerprint density at radius 2 is 2.14 bits per heavy atom. The number of carbonyl (C=O) groups is 2. The summed E-state index contributed by atoms with van der Waals surface area (Å²) in [5.74, 6) is -6.40. The number of allylic oxidation sites excluding steroid dienone is 2. The lowest BCUT2D eigenvalue weighted by molar-refractivity contribution is -0.356. The van der Waals surface area contributed by atoms with E-state index < -0.39 is 24.2 Å². The van der Waals surface area contributed by atoms with Crippen LogP contribution in [0.3, 0.4) is 0 Å². The number of aliphatic hydroxyl groups is 1. The van der Waals surface area contributed by atoms with Crippen LogP contribution in [0.15, 0.2) is 12.2 Å². The first kappa shape index (κ1) is 22.9. The molecule has 5 nitrogen and oxygen atoms in total. The third kappa shape index (κ3) is 5.38. The molecular formula is C21H32F2O5. The van der Waals surface area contributed by atoms with Crippen molar-refractivity contribution < 1.29 is 33.0 Å². The molecule has 0 aromatic rings. The summed E-state index contributed by atoms with van der Waals surface area (Å²) in [7, 11) is 1.35. The molecule has 2 fully saturated rings. The van der Waals surface area contributed by atoms with E-state index in [1.807, 2.05) is 19.1 Å². The van der Waals surface area contributed by atoms with E-state index in [2.05, 4.69) is 4.74 Å². The molecule has 1 unspecified atom stereocenters. The Kier molecular flexibility index (Phi) is 8.13. The molecule has 160 valence electrons. The molecule has 1 heterocycles. The lowest BCUT2D eigenvalue weighted by atomic mass is 9.82. The Morgan fingerprint density at radius 1 is 1.39 bits per heavy atom. The van der Waals surface area contributed by atoms with Gasteiger partial charge >= 0.3 is 11.9 Å². The van der Waals surface area contributed by atoms with E-state index in [0.717, 1.165) is 0 Å². The summed E-state index contributed by atoms with van der Waals surface area (Å²) < 4.78 is 38.9. The van der Waals surface area contributed by atoms with E-state index >= 15 is 0 Å². The van der Waals surface area contributed by atoms with Gasteiger partial charge in [-0.3, -0.25) is 9.59 Å². The number of alkyl halides is 2. The summed E-state index contributed by atoms with van der Waals surface area (Å²) in [5.41, 5.74) is 0. The minimum atomic E-state index is -3.31. The summed E-state index contributed by atoms with van der Waals surface area (Å²) in [5, 5.41) is 10.4. The molecule has 1 N–H and O–H groups in total. The van der Waals surface area contributed by atoms with Crippen LogP contribution in [0.25, 0.3) is 0 Å². The normalized spacial score (nSPS) is 30.6. The van der Waals surface area contributed by atoms with Gasteiger partial charge in [0.05, 0.1) is 13.2 Å². The fraction of sp³-hybridized carbons (Fsp3) is 0.810. The summed E-state index contributed by atoms with van der Waals surface area (Å²) in [6.45, 7) is 1.82. The molecule has 1 saturated heterocycles. The minimum Gasteiger partial charge on any atom is -0.469 e. The maximum absolute atomic E-state index is 14.4. The lowest BCUT2D eigenvalue weighted by Gasteiger charge is -2.43. The smallest absolute Gasteiger partial charge is 0.305 e. The molecule has 28 heavy (non-hydrogen) atoms. The standard InChI is InChI=1S/C21H32F2O5/c1-3-4-12-20(22,23)21(26)13-11-16-15(17(24)14-18(16)28-21)9-7-5-6-8-10-19(25)27-2/h5,7,15-16,18,26H,3-4,6,8-14H2,1-2H3/b7-5-/t15-,16-,18-,21?/m1/s1. The molecule has 1 aliphatic carbocycles. The highest BCUT2D eigenvalue weighted by molar-refractivity contribution is 5.84. The molecule has 0 radical (unpaired) electrons. The highest BCUT2D eigenvalue weighted by Gasteiger charge is 2.59. The second kappa shape index (κ2) is 9.92. The number of esters is 1. The molecule has 0 amide bonds. The summed E-state index contributed by atoms with van der Waals surface area (Å²) in [6.07, 6.45) is 6.28. The van der Waals surface area contributed by atoms with Gasteiger partial charge in [0.1, 0.15) is 5.78 Å². The molecule has 1 saturated carbocycles. The average molecular weight is 402 g/mol. The third-order valence-corrected chi connectivity index (χ3v) is 5.93. The van der Waals surface area contributed by atoms with Crippen LogP contribution >= 0.6 is 0 Å². The fourth-order valence-electron chi connectivity index (χ4n) is 4.18. The second-order valence-electron chi connectivity index (χ2n) is 7.90. The maximum atomic E-state index is 14.4. The molecule has 7 heteroatoms. The number of fused-ring (bicyclic) bond motifs is 1. The first-order chi connectivity index (χ1) is 13.2. The van der Waals surface area contributed by atoms with Crippen LogP contribution < -0.4 is 0 Å². The third-order valence-electron chi connectivity index (χ3n) is 5.93. The number of ketones is 1. The van der Waals surface area contributed by atoms with Gasteiger partial charge in [0.15, 0.2) is 0 Å². The number of hydrogen-bond acceptors (Lipinski definition) is 5. The van der Waals surface area contributed by atoms with Crippen LogP contribution in [-0.2, 0) is 19.1 Å². The van der Waals surface area contributed by atoms with Crippen molar-refractivity contribution in [3.63, 3.8) is 0 Å². The predicted octanol–water partition coefficient (Wildman–Crippen LogP) is 4.17. The van der Waals surface area contributed by atoms with Crippen molar-refractivity contribution in [2.24, 2.45) is 11.8 Å². The number of halogens is 2. The van der Waals surface area contributed by atoms with E-state index in [-0.39, 0.29) is 36.4 Å². The van der Waals surface area contributed by atoms with Gasteiger partial charge in [0.2, 0.25) is 5.79 Å². The Hall–Kier alpha value is -1.34. The maximum Gasteiger partial charge on any atom is 0.305 e. The number of hydrogen-bond donors (Lipinski definition) is 1. The van der Waals surface area contributed by atoms with Crippen molar-refractivity contribution in [3.05, 3.63) is 12.2 Å². The van der Waals surface area contributed by atoms with Crippen molar-refractivity contribution in [1.82, 2.24) is 0 Å². The van der Waals surface area contributed by atoms with Gasteiger partial charge in [-0.2, -0.15) is 0 Å². The van der Waals surface area contributed by atoms with Crippen LogP contribution in [0, 0.1) is 11.8 Å². The van der Waals surface area contributed by atoms with Crippen LogP contribution in [-0.4, -0.2) is 41.8 Å². The van der Waals surface area contributed by atoms with Crippen LogP contribution in [0.5, 0.6) is 0 Å². The summed E-state index contributed by atoms with van der Waals surface area (Å²) in [6, 6.07) is 0. The Labute approximate surface area is 165 Å². The van der Waals surface area contributed by atoms with Gasteiger partial charge in [0, 0.05) is 31.6 Å². The van der Waals surface area contributed by atoms with Gasteiger partial charge in [0.25, 0.3) is 0 Å². The van der Waals surface area contributed by atoms with Crippen molar-refractivity contribution in [2.45, 2.75) is 88.9 Å². The highest BCUT2D eigenvalue weighted by atomic mass is 19.3. The number of Topliss-reactive ketones (excluding diaryl/α,β-unsaturated/α-hetero) is 1. The topological polar surface area (TPSA) is 72.8 Å². The first-order valence-electron chi connectivity index (χ1n) is 10.3. The van der Waals surface area contributed by atoms with Gasteiger partial charge in [-0.15, -0.1) is 0 Å². The average Bonchev–Trinajstić information content (AvgIpc) is 2.96. The van der Waals surface area contributed by atoms with Crippen molar-refractivity contribution >= 4 is 11.8 Å². The number of methoxy groups -OCH3 is 1. The van der Waals surface area contributed by atoms with E-state index in [4.69, 9.17) is 4.74 Å². The zero-order valence-corrected chi connectivity index (χ0v) is 16.8. The van der Waals surface area contributed by atoms with Gasteiger partial charge < -0.3 is 14.6 Å². The Bertz CT molecular complexity index is 577. The van der Waals surface area contributed by atoms with E-state index in [9.17, 15) is 23.5 Å². The molecule has 0 bridgehead atoms. The largest absolute Gasteiger partial charge is 0.469 e. The number of ether oxygens (including phenoxy) is 2. The second-order valence-corrected chi connectivity index (χ2v) is 7.90. The SMILES string of the molecule is CCCCC(F)(F)C1(O)CC[C@H]2[C@@H](CC(=O)[C@@H]2C/C=C\CCCC(=O)OC)O1. The summed E-state index contributed by atoms with van der Waals surface area (Å²) in [4.78, 5) is 23.4. The van der Waals surface area contributed by atoms with Crippen molar-refractivity contribution in [2.75, 3.05) is 7.11 Å². The Morgan fingerprint density at radius 3 is 2.82 bits per heavy atom. The zero-order valence-electron chi connectivity index (χ0n) is 16.8. The van der Waals surface area contributed by atoms with E-state index in [1.165, 1.54) is 7.11 Å². The van der Waals surface area contributed by atoms with Crippen LogP contribution in [0.4, 0.5) is 8.78 Å². The number of carbonyl (C=O) groups excluding carboxylic acids is 2. The number of unbranched alkanes of at least 4 members (excludes halogenated alkanes) is 2. The molecule has 4 atom stereocenters. The quantitative estimate of drug-likeness (QED) is 0.337. The van der Waals surface area contributed by atoms with Crippen molar-refractivity contribution in [1.29, 1.82) is 0 Å². The zero-order chi connectivity index (χ0) is 20.8. The lowest BCUT2D eigenvalue weighted by Crippen LogP contribution is -2.55. The number of rotatable bonds is 10. The molecule has 0 aromatic carbocycles. The molecule has 2 aliphatic rings. The fourth-order valence-corrected chi connectivity index (χ4v) is 4.18. The molecule has 2 rings (SSSR count). The van der Waals surface area contributed by atoms with Crippen LogP contribution in [0.2, 0.25) is 0 Å². The first-order valence-corrected chi connectivity index (χ1v) is 10.3. The molecule has 1 aliphatic heterocycles. The van der Waals surface area contributed by atoms with Crippen molar-refractivity contribution in [3.8, 4) is 0 Å². The summed E-state index contributed by atoms with van der Waals surface area (Å²) >= 11 is 0. The van der Waals surface area contributed by atoms with Crippen LogP contribution in [0.1, 0.15) is 71.1 Å².